The molecule has 0 aliphatic carbocycles. The molecule has 2 fully saturated rings. The van der Waals surface area contributed by atoms with Gasteiger partial charge in [0, 0.05) is 57.2 Å². The number of hydrogen-bond acceptors (Lipinski definition) is 6. The number of H-pyrrole nitrogens is 1. The van der Waals surface area contributed by atoms with Crippen molar-refractivity contribution in [3.05, 3.63) is 17.5 Å². The molecule has 0 radical (unpaired) electrons. The highest BCUT2D eigenvalue weighted by atomic mass is 32.2. The van der Waals surface area contributed by atoms with Crippen LogP contribution in [0.4, 0.5) is 0 Å². The van der Waals surface area contributed by atoms with E-state index in [0.717, 1.165) is 44.6 Å². The maximum atomic E-state index is 12.3. The van der Waals surface area contributed by atoms with Gasteiger partial charge in [0.2, 0.25) is 10.0 Å². The van der Waals surface area contributed by atoms with Gasteiger partial charge in [0.05, 0.1) is 6.26 Å². The molecule has 2 saturated heterocycles. The zero-order valence-corrected chi connectivity index (χ0v) is 17.5. The van der Waals surface area contributed by atoms with Gasteiger partial charge in [-0.25, -0.2) is 12.7 Å². The van der Waals surface area contributed by atoms with E-state index in [9.17, 15) is 13.2 Å². The van der Waals surface area contributed by atoms with Gasteiger partial charge in [-0.2, -0.15) is 5.10 Å². The maximum Gasteiger partial charge on any atom is 0.271 e. The average molecular weight is 414 g/mol. The fourth-order valence-corrected chi connectivity index (χ4v) is 5.00. The Balaban J connectivity index is 1.62. The number of amides is 1. The molecule has 9 nitrogen and oxygen atoms in total. The van der Waals surface area contributed by atoms with Crippen LogP contribution in [0.1, 0.15) is 41.9 Å². The number of nitrogens with zero attached hydrogens (tertiary/aromatic N) is 3. The highest BCUT2D eigenvalue weighted by Crippen LogP contribution is 2.24. The standard InChI is InChI=1S/C18H31N5O4S/c1-14-12-17(21-20-14)18(24)19-7-9-23(15-5-10-27-11-6-15)16-4-3-8-22(13-16)28(2,25)26/h12,15-16H,3-11,13H2,1-2H3,(H,19,24)(H,20,21). The number of aromatic amines is 1. The number of rotatable bonds is 7. The van der Waals surface area contributed by atoms with Gasteiger partial charge in [-0.3, -0.25) is 14.8 Å². The minimum absolute atomic E-state index is 0.163. The summed E-state index contributed by atoms with van der Waals surface area (Å²) < 4.78 is 31.1. The van der Waals surface area contributed by atoms with Crippen molar-refractivity contribution in [1.82, 2.24) is 24.7 Å². The number of nitrogens with one attached hydrogen (secondary N) is 2. The first-order valence-electron chi connectivity index (χ1n) is 9.93. The molecular weight excluding hydrogens is 382 g/mol. The topological polar surface area (TPSA) is 108 Å². The lowest BCUT2D eigenvalue weighted by molar-refractivity contribution is 0.00672. The summed E-state index contributed by atoms with van der Waals surface area (Å²) in [5.74, 6) is -0.197. The Labute approximate surface area is 166 Å². The summed E-state index contributed by atoms with van der Waals surface area (Å²) in [5.41, 5.74) is 1.23. The molecule has 2 aliphatic heterocycles. The van der Waals surface area contributed by atoms with Crippen LogP contribution in [-0.4, -0.2) is 91.5 Å². The van der Waals surface area contributed by atoms with E-state index in [4.69, 9.17) is 4.74 Å². The van der Waals surface area contributed by atoms with E-state index >= 15 is 0 Å². The molecule has 1 atom stereocenters. The zero-order valence-electron chi connectivity index (χ0n) is 16.7. The SMILES string of the molecule is Cc1cc(C(=O)NCCN(C2CCOCC2)C2CCCN(S(C)(=O)=O)C2)n[nH]1. The normalized spacial score (nSPS) is 22.5. The number of ether oxygens (including phenoxy) is 1. The molecule has 0 bridgehead atoms. The van der Waals surface area contributed by atoms with Crippen LogP contribution in [0.15, 0.2) is 6.07 Å². The first-order valence-corrected chi connectivity index (χ1v) is 11.8. The molecule has 0 saturated carbocycles. The average Bonchev–Trinajstić information content (AvgIpc) is 3.12. The summed E-state index contributed by atoms with van der Waals surface area (Å²) in [7, 11) is -3.19. The molecular formula is C18H31N5O4S. The van der Waals surface area contributed by atoms with Crippen molar-refractivity contribution in [2.45, 2.75) is 44.7 Å². The third-order valence-corrected chi connectivity index (χ3v) is 6.82. The van der Waals surface area contributed by atoms with Crippen LogP contribution in [0, 0.1) is 6.92 Å². The van der Waals surface area contributed by atoms with Gasteiger partial charge in [0.1, 0.15) is 5.69 Å². The predicted octanol–water partition coefficient (Wildman–Crippen LogP) is 0.353. The molecule has 1 aromatic rings. The molecule has 1 aromatic heterocycles. The van der Waals surface area contributed by atoms with Crippen LogP contribution in [0.3, 0.4) is 0 Å². The van der Waals surface area contributed by atoms with E-state index in [1.807, 2.05) is 6.92 Å². The van der Waals surface area contributed by atoms with Crippen molar-refractivity contribution < 1.29 is 17.9 Å². The van der Waals surface area contributed by atoms with Gasteiger partial charge in [-0.1, -0.05) is 0 Å². The van der Waals surface area contributed by atoms with Crippen LogP contribution < -0.4 is 5.32 Å². The van der Waals surface area contributed by atoms with Crippen molar-refractivity contribution in [3.63, 3.8) is 0 Å². The summed E-state index contributed by atoms with van der Waals surface area (Å²) in [6, 6.07) is 2.23. The largest absolute Gasteiger partial charge is 0.381 e. The van der Waals surface area contributed by atoms with Gasteiger partial charge in [0.25, 0.3) is 5.91 Å². The Hall–Kier alpha value is -1.49. The summed E-state index contributed by atoms with van der Waals surface area (Å²) in [6.45, 7) is 5.59. The van der Waals surface area contributed by atoms with E-state index < -0.39 is 10.0 Å². The number of aromatic nitrogens is 2. The first kappa shape index (κ1) is 21.2. The number of piperidine rings is 1. The molecule has 10 heteroatoms. The van der Waals surface area contributed by atoms with Gasteiger partial charge in [-0.15, -0.1) is 0 Å². The van der Waals surface area contributed by atoms with Gasteiger partial charge >= 0.3 is 0 Å². The monoisotopic (exact) mass is 413 g/mol. The smallest absolute Gasteiger partial charge is 0.271 e. The molecule has 0 aromatic carbocycles. The third kappa shape index (κ3) is 5.53. The Kier molecular flexibility index (Phi) is 7.08. The zero-order chi connectivity index (χ0) is 20.1. The van der Waals surface area contributed by atoms with Crippen LogP contribution in [0.25, 0.3) is 0 Å². The molecule has 2 N–H and O–H groups in total. The molecule has 0 spiro atoms. The first-order chi connectivity index (χ1) is 13.3. The Morgan fingerprint density at radius 1 is 1.36 bits per heavy atom. The second kappa shape index (κ2) is 9.34. The van der Waals surface area contributed by atoms with Crippen molar-refractivity contribution in [2.24, 2.45) is 0 Å². The van der Waals surface area contributed by atoms with Crippen LogP contribution in [0.2, 0.25) is 0 Å². The summed E-state index contributed by atoms with van der Waals surface area (Å²) in [4.78, 5) is 14.6. The lowest BCUT2D eigenvalue weighted by Crippen LogP contribution is -2.55. The predicted molar refractivity (Wildman–Crippen MR) is 106 cm³/mol. The van der Waals surface area contributed by atoms with Crippen LogP contribution >= 0.6 is 0 Å². The number of carbonyl (C=O) groups is 1. The Bertz CT molecular complexity index is 760. The van der Waals surface area contributed by atoms with Crippen molar-refractivity contribution >= 4 is 15.9 Å². The van der Waals surface area contributed by atoms with Crippen LogP contribution in [0.5, 0.6) is 0 Å². The quantitative estimate of drug-likeness (QED) is 0.668. The molecule has 3 rings (SSSR count). The van der Waals surface area contributed by atoms with E-state index in [-0.39, 0.29) is 11.9 Å². The van der Waals surface area contributed by atoms with E-state index in [1.54, 1.807) is 10.4 Å². The highest BCUT2D eigenvalue weighted by molar-refractivity contribution is 7.88. The van der Waals surface area contributed by atoms with E-state index in [0.29, 0.717) is 37.9 Å². The molecule has 2 aliphatic rings. The number of hydrogen-bond donors (Lipinski definition) is 2. The van der Waals surface area contributed by atoms with Crippen molar-refractivity contribution in [2.75, 3.05) is 45.6 Å². The fraction of sp³-hybridized carbons (Fsp3) is 0.778. The van der Waals surface area contributed by atoms with Gasteiger partial charge < -0.3 is 10.1 Å². The number of sulfonamides is 1. The van der Waals surface area contributed by atoms with Gasteiger partial charge in [-0.05, 0) is 38.7 Å². The van der Waals surface area contributed by atoms with Gasteiger partial charge in [0.15, 0.2) is 0 Å². The van der Waals surface area contributed by atoms with E-state index in [1.165, 1.54) is 6.26 Å². The summed E-state index contributed by atoms with van der Waals surface area (Å²) in [6.07, 6.45) is 4.97. The third-order valence-electron chi connectivity index (χ3n) is 5.55. The molecule has 1 amide bonds. The lowest BCUT2D eigenvalue weighted by atomic mass is 9.99. The minimum atomic E-state index is -3.19. The Morgan fingerprint density at radius 2 is 2.11 bits per heavy atom. The second-order valence-corrected chi connectivity index (χ2v) is 9.67. The van der Waals surface area contributed by atoms with Crippen molar-refractivity contribution in [1.29, 1.82) is 0 Å². The second-order valence-electron chi connectivity index (χ2n) is 7.69. The minimum Gasteiger partial charge on any atom is -0.381 e. The van der Waals surface area contributed by atoms with E-state index in [2.05, 4.69) is 20.4 Å². The lowest BCUT2D eigenvalue weighted by Gasteiger charge is -2.43. The summed E-state index contributed by atoms with van der Waals surface area (Å²) >= 11 is 0. The Morgan fingerprint density at radius 3 is 2.75 bits per heavy atom. The maximum absolute atomic E-state index is 12.3. The molecule has 28 heavy (non-hydrogen) atoms. The number of carbonyl (C=O) groups excluding carboxylic acids is 1. The molecule has 1 unspecified atom stereocenters. The van der Waals surface area contributed by atoms with Crippen molar-refractivity contribution in [3.8, 4) is 0 Å². The number of aryl methyl sites for hydroxylation is 1. The highest BCUT2D eigenvalue weighted by Gasteiger charge is 2.33. The molecule has 158 valence electrons. The fourth-order valence-electron chi connectivity index (χ4n) is 4.10. The van der Waals surface area contributed by atoms with Crippen LogP contribution in [-0.2, 0) is 14.8 Å². The molecule has 3 heterocycles. The summed E-state index contributed by atoms with van der Waals surface area (Å²) in [5, 5.41) is 9.70.